The highest BCUT2D eigenvalue weighted by molar-refractivity contribution is 6.26. The number of carbonyl (C=O) groups is 2. The third-order valence-electron chi connectivity index (χ3n) is 4.34. The quantitative estimate of drug-likeness (QED) is 0.856. The summed E-state index contributed by atoms with van der Waals surface area (Å²) < 4.78 is 10.6. The molecule has 1 heterocycles. The molecule has 1 aliphatic rings. The van der Waals surface area contributed by atoms with Crippen molar-refractivity contribution in [2.45, 2.75) is 20.3 Å². The van der Waals surface area contributed by atoms with Gasteiger partial charge in [0.05, 0.1) is 19.8 Å². The van der Waals surface area contributed by atoms with E-state index in [2.05, 4.69) is 4.98 Å². The Morgan fingerprint density at radius 2 is 1.56 bits per heavy atom. The van der Waals surface area contributed by atoms with Gasteiger partial charge in [0.25, 0.3) is 0 Å². The predicted octanol–water partition coefficient (Wildman–Crippen LogP) is 3.35. The topological polar surface area (TPSA) is 65.5 Å². The van der Waals surface area contributed by atoms with Gasteiger partial charge in [0, 0.05) is 29.8 Å². The number of hydrogen-bond acceptors (Lipinski definition) is 5. The number of aryl methyl sites for hydroxylation is 1. The van der Waals surface area contributed by atoms with Crippen LogP contribution in [-0.2, 0) is 6.42 Å². The summed E-state index contributed by atoms with van der Waals surface area (Å²) in [6.45, 7) is 3.53. The fourth-order valence-electron chi connectivity index (χ4n) is 2.96. The van der Waals surface area contributed by atoms with Gasteiger partial charge in [0.2, 0.25) is 5.78 Å². The van der Waals surface area contributed by atoms with Gasteiger partial charge in [-0.05, 0) is 43.2 Å². The molecule has 5 nitrogen and oxygen atoms in total. The lowest BCUT2D eigenvalue weighted by molar-refractivity contribution is 0.0969. The molecule has 2 aromatic rings. The summed E-state index contributed by atoms with van der Waals surface area (Å²) in [5.74, 6) is 0.935. The van der Waals surface area contributed by atoms with Crippen LogP contribution in [0.2, 0.25) is 0 Å². The van der Waals surface area contributed by atoms with Crippen molar-refractivity contribution in [1.29, 1.82) is 0 Å². The molecule has 1 aromatic heterocycles. The zero-order valence-corrected chi connectivity index (χ0v) is 14.7. The minimum absolute atomic E-state index is 0.148. The van der Waals surface area contributed by atoms with Gasteiger partial charge < -0.3 is 9.47 Å². The molecule has 1 aliphatic carbocycles. The Balaban J connectivity index is 2.04. The lowest BCUT2D eigenvalue weighted by Crippen LogP contribution is -2.23. The highest BCUT2D eigenvalue weighted by Gasteiger charge is 2.31. The zero-order valence-electron chi connectivity index (χ0n) is 14.7. The van der Waals surface area contributed by atoms with Crippen molar-refractivity contribution < 1.29 is 19.1 Å². The third kappa shape index (κ3) is 3.05. The molecule has 1 aromatic carbocycles. The molecule has 3 rings (SSSR count). The smallest absolute Gasteiger partial charge is 0.208 e. The second kappa shape index (κ2) is 6.51. The Hall–Kier alpha value is -2.95. The maximum atomic E-state index is 12.9. The second-order valence-electron chi connectivity index (χ2n) is 6.07. The average Bonchev–Trinajstić information content (AvgIpc) is 2.63. The molecule has 25 heavy (non-hydrogen) atoms. The molecule has 128 valence electrons. The van der Waals surface area contributed by atoms with Crippen LogP contribution in [0.15, 0.2) is 41.6 Å². The Kier molecular flexibility index (Phi) is 4.40. The first-order valence-electron chi connectivity index (χ1n) is 7.92. The molecule has 0 saturated heterocycles. The summed E-state index contributed by atoms with van der Waals surface area (Å²) in [6.07, 6.45) is 1.94. The Morgan fingerprint density at radius 3 is 2.16 bits per heavy atom. The molecule has 0 saturated carbocycles. The highest BCUT2D eigenvalue weighted by Crippen LogP contribution is 2.30. The first kappa shape index (κ1) is 16.9. The van der Waals surface area contributed by atoms with Crippen molar-refractivity contribution in [3.63, 3.8) is 0 Å². The highest BCUT2D eigenvalue weighted by atomic mass is 16.5. The van der Waals surface area contributed by atoms with Gasteiger partial charge in [-0.2, -0.15) is 0 Å². The number of ether oxygens (including phenoxy) is 2. The van der Waals surface area contributed by atoms with Crippen molar-refractivity contribution >= 4 is 11.6 Å². The normalized spacial score (nSPS) is 13.8. The molecule has 0 atom stereocenters. The monoisotopic (exact) mass is 337 g/mol. The molecule has 0 unspecified atom stereocenters. The fourth-order valence-corrected chi connectivity index (χ4v) is 2.96. The molecule has 5 heteroatoms. The van der Waals surface area contributed by atoms with E-state index in [9.17, 15) is 9.59 Å². The van der Waals surface area contributed by atoms with Crippen LogP contribution in [0.25, 0.3) is 0 Å². The van der Waals surface area contributed by atoms with Crippen molar-refractivity contribution in [2.24, 2.45) is 0 Å². The summed E-state index contributed by atoms with van der Waals surface area (Å²) in [5, 5.41) is 0. The number of aromatic nitrogens is 1. The van der Waals surface area contributed by atoms with Crippen LogP contribution in [-0.4, -0.2) is 30.8 Å². The molecule has 0 spiro atoms. The summed E-state index contributed by atoms with van der Waals surface area (Å²) in [6, 6.07) is 7.16. The number of Topliss-reactive ketones (excluding diaryl/α,β-unsaturated/α-hetero) is 2. The number of allylic oxidation sites excluding steroid dienone is 2. The molecule has 0 N–H and O–H groups in total. The van der Waals surface area contributed by atoms with Crippen LogP contribution < -0.4 is 9.47 Å². The van der Waals surface area contributed by atoms with Gasteiger partial charge in [-0.15, -0.1) is 0 Å². The fraction of sp³-hybridized carbons (Fsp3) is 0.250. The average molecular weight is 337 g/mol. The van der Waals surface area contributed by atoms with Crippen LogP contribution >= 0.6 is 0 Å². The van der Waals surface area contributed by atoms with E-state index in [-0.39, 0.29) is 17.3 Å². The molecule has 0 amide bonds. The van der Waals surface area contributed by atoms with Crippen LogP contribution in [0.1, 0.15) is 38.9 Å². The predicted molar refractivity (Wildman–Crippen MR) is 93.6 cm³/mol. The van der Waals surface area contributed by atoms with Gasteiger partial charge in [-0.25, -0.2) is 0 Å². The molecule has 0 radical (unpaired) electrons. The number of fused-ring (bicyclic) bond motifs is 1. The van der Waals surface area contributed by atoms with Gasteiger partial charge in [0.15, 0.2) is 5.78 Å². The standard InChI is InChI=1S/C20H19NO4/c1-11-5-17-18(21-10-11)19(22)12(2)16(20(17)23)8-13-6-14(24-3)9-15(7-13)25-4/h5-7,9-10H,8H2,1-4H3. The van der Waals surface area contributed by atoms with Crippen molar-refractivity contribution in [3.05, 3.63) is 64.0 Å². The summed E-state index contributed by atoms with van der Waals surface area (Å²) >= 11 is 0. The molecule has 0 aliphatic heterocycles. The van der Waals surface area contributed by atoms with Gasteiger partial charge >= 0.3 is 0 Å². The van der Waals surface area contributed by atoms with Crippen LogP contribution in [0.3, 0.4) is 0 Å². The van der Waals surface area contributed by atoms with Crippen molar-refractivity contribution in [1.82, 2.24) is 4.98 Å². The Labute approximate surface area is 146 Å². The van der Waals surface area contributed by atoms with Crippen LogP contribution in [0, 0.1) is 6.92 Å². The maximum absolute atomic E-state index is 12.9. The number of carbonyl (C=O) groups excluding carboxylic acids is 2. The summed E-state index contributed by atoms with van der Waals surface area (Å²) in [4.78, 5) is 29.7. The van der Waals surface area contributed by atoms with Crippen molar-refractivity contribution in [2.75, 3.05) is 14.2 Å². The van der Waals surface area contributed by atoms with E-state index >= 15 is 0 Å². The van der Waals surface area contributed by atoms with Crippen molar-refractivity contribution in [3.8, 4) is 11.5 Å². The van der Waals surface area contributed by atoms with Crippen LogP contribution in [0.5, 0.6) is 11.5 Å². The third-order valence-corrected chi connectivity index (χ3v) is 4.34. The summed E-state index contributed by atoms with van der Waals surface area (Å²) in [7, 11) is 3.14. The molecule has 0 bridgehead atoms. The number of rotatable bonds is 4. The number of benzene rings is 1. The molecular formula is C20H19NO4. The number of nitrogens with zero attached hydrogens (tertiary/aromatic N) is 1. The lowest BCUT2D eigenvalue weighted by atomic mass is 9.84. The minimum Gasteiger partial charge on any atom is -0.497 e. The van der Waals surface area contributed by atoms with E-state index in [1.54, 1.807) is 39.5 Å². The lowest BCUT2D eigenvalue weighted by Gasteiger charge is -2.19. The van der Waals surface area contributed by atoms with E-state index in [0.717, 1.165) is 11.1 Å². The van der Waals surface area contributed by atoms with Gasteiger partial charge in [0.1, 0.15) is 17.2 Å². The van der Waals surface area contributed by atoms with E-state index < -0.39 is 0 Å². The number of hydrogen-bond donors (Lipinski definition) is 0. The van der Waals surface area contributed by atoms with Gasteiger partial charge in [-0.1, -0.05) is 0 Å². The van der Waals surface area contributed by atoms with E-state index in [1.807, 2.05) is 19.1 Å². The Morgan fingerprint density at radius 1 is 0.920 bits per heavy atom. The molecule has 0 fully saturated rings. The zero-order chi connectivity index (χ0) is 18.1. The number of ketones is 2. The first-order valence-corrected chi connectivity index (χ1v) is 7.92. The Bertz CT molecular complexity index is 890. The SMILES string of the molecule is COc1cc(CC2=C(C)C(=O)c3ncc(C)cc3C2=O)cc(OC)c1. The van der Waals surface area contributed by atoms with Gasteiger partial charge in [-0.3, -0.25) is 14.6 Å². The number of pyridine rings is 1. The number of methoxy groups -OCH3 is 2. The first-order chi connectivity index (χ1) is 11.9. The largest absolute Gasteiger partial charge is 0.497 e. The van der Waals surface area contributed by atoms with Crippen LogP contribution in [0.4, 0.5) is 0 Å². The minimum atomic E-state index is -0.195. The van der Waals surface area contributed by atoms with E-state index in [0.29, 0.717) is 34.6 Å². The maximum Gasteiger partial charge on any atom is 0.208 e. The molecular weight excluding hydrogens is 318 g/mol. The van der Waals surface area contributed by atoms with E-state index in [4.69, 9.17) is 9.47 Å². The van der Waals surface area contributed by atoms with E-state index in [1.165, 1.54) is 0 Å². The second-order valence-corrected chi connectivity index (χ2v) is 6.07. The summed E-state index contributed by atoms with van der Waals surface area (Å²) in [5.41, 5.74) is 3.23.